The molecule has 0 saturated heterocycles. The number of hydrogen-bond donors (Lipinski definition) is 2. The van der Waals surface area contributed by atoms with E-state index in [-0.39, 0.29) is 22.7 Å². The average Bonchev–Trinajstić information content (AvgIpc) is 2.92. The number of rotatable bonds is 5. The average molecular weight is 312 g/mol. The Kier molecular flexibility index (Phi) is 4.45. The zero-order valence-corrected chi connectivity index (χ0v) is 12.8. The molecule has 0 aliphatic rings. The fourth-order valence-electron chi connectivity index (χ4n) is 1.94. The maximum absolute atomic E-state index is 11.8. The van der Waals surface area contributed by atoms with Crippen molar-refractivity contribution in [1.82, 2.24) is 5.16 Å². The van der Waals surface area contributed by atoms with Crippen molar-refractivity contribution in [1.29, 1.82) is 0 Å². The quantitative estimate of drug-likeness (QED) is 0.652. The molecule has 0 bridgehead atoms. The van der Waals surface area contributed by atoms with Gasteiger partial charge < -0.3 is 9.63 Å². The van der Waals surface area contributed by atoms with Crippen LogP contribution in [0.4, 0.5) is 5.88 Å². The minimum atomic E-state index is -1.25. The third-order valence-corrected chi connectivity index (χ3v) is 3.45. The molecule has 0 unspecified atom stereocenters. The second-order valence-electron chi connectivity index (χ2n) is 5.02. The predicted octanol–water partition coefficient (Wildman–Crippen LogP) is 3.34. The molecule has 1 heterocycles. The molecule has 0 saturated carbocycles. The molecule has 0 fully saturated rings. The van der Waals surface area contributed by atoms with Gasteiger partial charge in [-0.1, -0.05) is 36.5 Å². The molecule has 2 aromatic rings. The maximum atomic E-state index is 11.8. The zero-order valence-electron chi connectivity index (χ0n) is 12.8. The third kappa shape index (κ3) is 3.21. The Morgan fingerprint density at radius 2 is 2.00 bits per heavy atom. The van der Waals surface area contributed by atoms with Crippen molar-refractivity contribution in [2.24, 2.45) is 0 Å². The summed E-state index contributed by atoms with van der Waals surface area (Å²) in [5.74, 6) is -2.09. The van der Waals surface area contributed by atoms with Gasteiger partial charge in [0.25, 0.3) is 5.91 Å². The minimum absolute atomic E-state index is 0.0884. The lowest BCUT2D eigenvalue weighted by Gasteiger charge is -2.04. The first-order chi connectivity index (χ1) is 10.8. The largest absolute Gasteiger partial charge is 0.477 e. The smallest absolute Gasteiger partial charge is 0.343 e. The fourth-order valence-corrected chi connectivity index (χ4v) is 1.94. The Morgan fingerprint density at radius 1 is 1.30 bits per heavy atom. The zero-order chi connectivity index (χ0) is 17.1. The lowest BCUT2D eigenvalue weighted by atomic mass is 10.0. The summed E-state index contributed by atoms with van der Waals surface area (Å²) < 4.78 is 5.01. The molecule has 0 radical (unpaired) electrons. The van der Waals surface area contributed by atoms with Crippen molar-refractivity contribution in [2.45, 2.75) is 13.8 Å². The van der Waals surface area contributed by atoms with E-state index in [1.54, 1.807) is 6.07 Å². The number of hydrogen-bond acceptors (Lipinski definition) is 4. The van der Waals surface area contributed by atoms with Gasteiger partial charge in [-0.2, -0.15) is 0 Å². The van der Waals surface area contributed by atoms with Gasteiger partial charge in [0.2, 0.25) is 5.88 Å². The van der Waals surface area contributed by atoms with Crippen LogP contribution in [0.25, 0.3) is 11.3 Å². The summed E-state index contributed by atoms with van der Waals surface area (Å²) >= 11 is 0. The molecule has 1 amide bonds. The first-order valence-corrected chi connectivity index (χ1v) is 6.78. The number of benzene rings is 1. The van der Waals surface area contributed by atoms with Crippen molar-refractivity contribution in [2.75, 3.05) is 5.32 Å². The van der Waals surface area contributed by atoms with Gasteiger partial charge in [0.1, 0.15) is 5.69 Å². The molecule has 118 valence electrons. The number of aromatic nitrogens is 1. The molecule has 0 aliphatic heterocycles. The van der Waals surface area contributed by atoms with Crippen LogP contribution in [0.5, 0.6) is 0 Å². The molecule has 23 heavy (non-hydrogen) atoms. The van der Waals surface area contributed by atoms with E-state index in [1.165, 1.54) is 6.08 Å². The van der Waals surface area contributed by atoms with E-state index in [2.05, 4.69) is 23.6 Å². The Balaban J connectivity index is 2.48. The summed E-state index contributed by atoms with van der Waals surface area (Å²) in [5, 5.41) is 15.6. The van der Waals surface area contributed by atoms with Crippen LogP contribution < -0.4 is 5.32 Å². The number of carboxylic acid groups (broad SMARTS) is 1. The van der Waals surface area contributed by atoms with E-state index in [0.717, 1.165) is 11.1 Å². The van der Waals surface area contributed by atoms with E-state index in [4.69, 9.17) is 4.52 Å². The lowest BCUT2D eigenvalue weighted by molar-refractivity contribution is -0.112. The van der Waals surface area contributed by atoms with Crippen molar-refractivity contribution in [3.05, 3.63) is 59.7 Å². The van der Waals surface area contributed by atoms with Crippen LogP contribution in [0.2, 0.25) is 0 Å². The summed E-state index contributed by atoms with van der Waals surface area (Å²) in [6.45, 7) is 10.8. The van der Waals surface area contributed by atoms with Crippen LogP contribution in [0, 0.1) is 13.8 Å². The van der Waals surface area contributed by atoms with Crippen molar-refractivity contribution in [3.8, 4) is 11.3 Å². The number of nitrogens with zero attached hydrogens (tertiary/aromatic N) is 1. The van der Waals surface area contributed by atoms with E-state index >= 15 is 0 Å². The first kappa shape index (κ1) is 16.2. The van der Waals surface area contributed by atoms with Gasteiger partial charge in [-0.15, -0.1) is 0 Å². The molecule has 6 nitrogen and oxygen atoms in total. The molecule has 0 spiro atoms. The van der Waals surface area contributed by atoms with Gasteiger partial charge in [0, 0.05) is 11.1 Å². The monoisotopic (exact) mass is 312 g/mol. The van der Waals surface area contributed by atoms with Crippen molar-refractivity contribution >= 4 is 17.8 Å². The highest BCUT2D eigenvalue weighted by molar-refractivity contribution is 6.08. The number of carbonyl (C=O) groups excluding carboxylic acids is 1. The fraction of sp³-hybridized carbons (Fsp3) is 0.118. The van der Waals surface area contributed by atoms with Crippen LogP contribution in [0.3, 0.4) is 0 Å². The molecular weight excluding hydrogens is 296 g/mol. The summed E-state index contributed by atoms with van der Waals surface area (Å²) in [6.07, 6.45) is 1.26. The molecule has 0 aliphatic carbocycles. The molecule has 1 aromatic heterocycles. The number of amides is 1. The number of nitrogens with one attached hydrogen (secondary N) is 1. The van der Waals surface area contributed by atoms with Gasteiger partial charge in [-0.3, -0.25) is 10.1 Å². The molecule has 2 N–H and O–H groups in total. The van der Waals surface area contributed by atoms with Crippen LogP contribution >= 0.6 is 0 Å². The molecule has 2 rings (SSSR count). The summed E-state index contributed by atoms with van der Waals surface area (Å²) in [5.41, 5.74) is 2.69. The SMILES string of the molecule is C=CC(=C)C(=O)Nc1onc(-c2ccc(C)c(C)c2)c1C(=O)O. The Bertz CT molecular complexity index is 818. The van der Waals surface area contributed by atoms with Crippen LogP contribution in [0.1, 0.15) is 21.5 Å². The van der Waals surface area contributed by atoms with Gasteiger partial charge in [0.05, 0.1) is 0 Å². The van der Waals surface area contributed by atoms with E-state index in [1.807, 2.05) is 26.0 Å². The van der Waals surface area contributed by atoms with E-state index < -0.39 is 11.9 Å². The van der Waals surface area contributed by atoms with Crippen LogP contribution in [0.15, 0.2) is 47.5 Å². The predicted molar refractivity (Wildman–Crippen MR) is 86.3 cm³/mol. The van der Waals surface area contributed by atoms with Crippen LogP contribution in [-0.4, -0.2) is 22.1 Å². The standard InChI is InChI=1S/C17H16N2O4/c1-5-9(2)15(20)18-16-13(17(21)22)14(19-23-16)12-7-6-10(3)11(4)8-12/h5-8H,1-2H2,3-4H3,(H,18,20)(H,21,22). The normalized spacial score (nSPS) is 10.2. The highest BCUT2D eigenvalue weighted by atomic mass is 16.5. The molecular formula is C17H16N2O4. The van der Waals surface area contributed by atoms with Gasteiger partial charge in [-0.05, 0) is 31.0 Å². The first-order valence-electron chi connectivity index (χ1n) is 6.78. The third-order valence-electron chi connectivity index (χ3n) is 3.45. The molecule has 6 heteroatoms. The van der Waals surface area contributed by atoms with Crippen molar-refractivity contribution in [3.63, 3.8) is 0 Å². The second-order valence-corrected chi connectivity index (χ2v) is 5.02. The van der Waals surface area contributed by atoms with E-state index in [9.17, 15) is 14.7 Å². The Morgan fingerprint density at radius 3 is 2.57 bits per heavy atom. The lowest BCUT2D eigenvalue weighted by Crippen LogP contribution is -2.14. The molecule has 1 aromatic carbocycles. The number of anilines is 1. The van der Waals surface area contributed by atoms with Gasteiger partial charge in [0.15, 0.2) is 5.56 Å². The van der Waals surface area contributed by atoms with Gasteiger partial charge >= 0.3 is 5.97 Å². The number of carbonyl (C=O) groups is 2. The van der Waals surface area contributed by atoms with Crippen molar-refractivity contribution < 1.29 is 19.2 Å². The van der Waals surface area contributed by atoms with Crippen LogP contribution in [-0.2, 0) is 4.79 Å². The Labute approximate surface area is 133 Å². The number of aromatic carboxylic acids is 1. The Hall–Kier alpha value is -3.15. The van der Waals surface area contributed by atoms with E-state index in [0.29, 0.717) is 5.56 Å². The molecule has 0 atom stereocenters. The summed E-state index contributed by atoms with van der Waals surface area (Å²) in [6, 6.07) is 5.43. The highest BCUT2D eigenvalue weighted by Gasteiger charge is 2.25. The number of aryl methyl sites for hydroxylation is 2. The summed E-state index contributed by atoms with van der Waals surface area (Å²) in [7, 11) is 0. The van der Waals surface area contributed by atoms with Gasteiger partial charge in [-0.25, -0.2) is 4.79 Å². The summed E-state index contributed by atoms with van der Waals surface area (Å²) in [4.78, 5) is 23.4. The number of carboxylic acids is 1. The second kappa shape index (κ2) is 6.31. The maximum Gasteiger partial charge on any atom is 0.343 e. The minimum Gasteiger partial charge on any atom is -0.477 e. The topological polar surface area (TPSA) is 92.4 Å². The highest BCUT2D eigenvalue weighted by Crippen LogP contribution is 2.30.